The van der Waals surface area contributed by atoms with Crippen LogP contribution in [0.3, 0.4) is 0 Å². The van der Waals surface area contributed by atoms with Crippen LogP contribution in [0.2, 0.25) is 4.34 Å². The number of aromatic nitrogens is 2. The van der Waals surface area contributed by atoms with E-state index in [-0.39, 0.29) is 6.04 Å². The third-order valence-corrected chi connectivity index (χ3v) is 5.25. The van der Waals surface area contributed by atoms with Gasteiger partial charge >= 0.3 is 0 Å². The molecule has 0 spiro atoms. The molecule has 1 N–H and O–H groups in total. The van der Waals surface area contributed by atoms with Crippen molar-refractivity contribution in [3.8, 4) is 0 Å². The Labute approximate surface area is 130 Å². The van der Waals surface area contributed by atoms with Crippen LogP contribution in [0.1, 0.15) is 23.0 Å². The van der Waals surface area contributed by atoms with Crippen molar-refractivity contribution < 1.29 is 0 Å². The van der Waals surface area contributed by atoms with Crippen LogP contribution >= 0.6 is 34.3 Å². The summed E-state index contributed by atoms with van der Waals surface area (Å²) in [5.74, 6) is 0. The normalized spacial score (nSPS) is 12.9. The molecule has 0 aliphatic rings. The molecule has 20 heavy (non-hydrogen) atoms. The molecule has 1 unspecified atom stereocenters. The zero-order valence-electron chi connectivity index (χ0n) is 11.0. The number of nitrogens with zero attached hydrogens (tertiary/aromatic N) is 2. The average Bonchev–Trinajstić information content (AvgIpc) is 3.04. The van der Waals surface area contributed by atoms with E-state index in [1.807, 2.05) is 12.1 Å². The minimum Gasteiger partial charge on any atom is -0.308 e. The quantitative estimate of drug-likeness (QED) is 0.760. The average molecular weight is 324 g/mol. The molecular weight excluding hydrogens is 310 g/mol. The Balaban J connectivity index is 1.89. The van der Waals surface area contributed by atoms with Gasteiger partial charge in [-0.05, 0) is 18.7 Å². The monoisotopic (exact) mass is 323 g/mol. The van der Waals surface area contributed by atoms with Gasteiger partial charge in [-0.2, -0.15) is 0 Å². The molecule has 3 rings (SSSR count). The largest absolute Gasteiger partial charge is 0.308 e. The summed E-state index contributed by atoms with van der Waals surface area (Å²) >= 11 is 9.23. The first-order chi connectivity index (χ1) is 9.76. The van der Waals surface area contributed by atoms with E-state index in [1.54, 1.807) is 17.5 Å². The lowest BCUT2D eigenvalue weighted by Crippen LogP contribution is -2.22. The summed E-state index contributed by atoms with van der Waals surface area (Å²) in [6.45, 7) is 3.01. The molecule has 2 aromatic heterocycles. The third kappa shape index (κ3) is 3.01. The molecule has 3 nitrogen and oxygen atoms in total. The number of benzene rings is 1. The fourth-order valence-electron chi connectivity index (χ4n) is 2.09. The first-order valence-electron chi connectivity index (χ1n) is 6.45. The highest BCUT2D eigenvalue weighted by atomic mass is 35.5. The van der Waals surface area contributed by atoms with E-state index in [1.165, 1.54) is 16.0 Å². The minimum atomic E-state index is 0.194. The van der Waals surface area contributed by atoms with Gasteiger partial charge in [0, 0.05) is 6.42 Å². The Bertz CT molecular complexity index is 674. The molecule has 0 aliphatic carbocycles. The molecule has 0 amide bonds. The Morgan fingerprint density at radius 3 is 2.85 bits per heavy atom. The molecule has 0 bridgehead atoms. The van der Waals surface area contributed by atoms with E-state index < -0.39 is 0 Å². The maximum Gasteiger partial charge on any atom is 0.113 e. The molecule has 0 aliphatic heterocycles. The highest BCUT2D eigenvalue weighted by Crippen LogP contribution is 2.29. The van der Waals surface area contributed by atoms with Crippen LogP contribution in [-0.2, 0) is 6.42 Å². The van der Waals surface area contributed by atoms with E-state index in [0.717, 1.165) is 32.8 Å². The molecular formula is C14H14ClN3S2. The second kappa shape index (κ2) is 6.18. The molecule has 0 fully saturated rings. The van der Waals surface area contributed by atoms with Gasteiger partial charge in [0.15, 0.2) is 0 Å². The van der Waals surface area contributed by atoms with Gasteiger partial charge in [0.25, 0.3) is 0 Å². The van der Waals surface area contributed by atoms with Gasteiger partial charge in [-0.1, -0.05) is 30.7 Å². The van der Waals surface area contributed by atoms with Gasteiger partial charge < -0.3 is 5.32 Å². The Kier molecular flexibility index (Phi) is 4.31. The number of halogens is 1. The Hall–Kier alpha value is -1.01. The summed E-state index contributed by atoms with van der Waals surface area (Å²) in [6, 6.07) is 8.43. The highest BCUT2D eigenvalue weighted by molar-refractivity contribution is 7.18. The van der Waals surface area contributed by atoms with Gasteiger partial charge in [-0.3, -0.25) is 0 Å². The van der Waals surface area contributed by atoms with E-state index in [0.29, 0.717) is 0 Å². The number of nitrogens with one attached hydrogen (secondary N) is 1. The molecule has 0 radical (unpaired) electrons. The second-order valence-corrected chi connectivity index (χ2v) is 7.20. The lowest BCUT2D eigenvalue weighted by Gasteiger charge is -2.13. The van der Waals surface area contributed by atoms with Crippen molar-refractivity contribution in [2.24, 2.45) is 0 Å². The van der Waals surface area contributed by atoms with Gasteiger partial charge in [-0.25, -0.2) is 9.97 Å². The van der Waals surface area contributed by atoms with Gasteiger partial charge in [0.1, 0.15) is 9.34 Å². The number of hydrogen-bond donors (Lipinski definition) is 1. The number of rotatable bonds is 5. The molecule has 0 saturated carbocycles. The van der Waals surface area contributed by atoms with Crippen molar-refractivity contribution >= 4 is 44.5 Å². The zero-order chi connectivity index (χ0) is 13.9. The Morgan fingerprint density at radius 2 is 2.15 bits per heavy atom. The molecule has 3 aromatic rings. The maximum atomic E-state index is 5.95. The van der Waals surface area contributed by atoms with Crippen LogP contribution in [0, 0.1) is 0 Å². The molecule has 2 heterocycles. The SMILES string of the molecule is CCNC(Cc1ncc(Cl)s1)c1nc2ccccc2s1. The number of para-hydroxylation sites is 1. The summed E-state index contributed by atoms with van der Waals surface area (Å²) < 4.78 is 1.96. The summed E-state index contributed by atoms with van der Waals surface area (Å²) in [5.41, 5.74) is 1.06. The van der Waals surface area contributed by atoms with Crippen LogP contribution in [0.25, 0.3) is 10.2 Å². The molecule has 1 atom stereocenters. The van der Waals surface area contributed by atoms with Crippen LogP contribution in [0.15, 0.2) is 30.5 Å². The van der Waals surface area contributed by atoms with Crippen molar-refractivity contribution in [3.63, 3.8) is 0 Å². The topological polar surface area (TPSA) is 37.8 Å². The Morgan fingerprint density at radius 1 is 1.30 bits per heavy atom. The predicted octanol–water partition coefficient (Wildman–Crippen LogP) is 4.30. The highest BCUT2D eigenvalue weighted by Gasteiger charge is 2.17. The van der Waals surface area contributed by atoms with Crippen LogP contribution < -0.4 is 5.32 Å². The van der Waals surface area contributed by atoms with Gasteiger partial charge in [-0.15, -0.1) is 22.7 Å². The van der Waals surface area contributed by atoms with Crippen molar-refractivity contribution in [2.45, 2.75) is 19.4 Å². The van der Waals surface area contributed by atoms with Crippen molar-refractivity contribution in [2.75, 3.05) is 6.54 Å². The van der Waals surface area contributed by atoms with Gasteiger partial charge in [0.2, 0.25) is 0 Å². The first-order valence-corrected chi connectivity index (χ1v) is 8.46. The maximum absolute atomic E-state index is 5.95. The molecule has 1 aromatic carbocycles. The van der Waals surface area contributed by atoms with E-state index in [4.69, 9.17) is 16.6 Å². The third-order valence-electron chi connectivity index (χ3n) is 2.96. The zero-order valence-corrected chi connectivity index (χ0v) is 13.4. The summed E-state index contributed by atoms with van der Waals surface area (Å²) in [5, 5.41) is 5.64. The minimum absolute atomic E-state index is 0.194. The predicted molar refractivity (Wildman–Crippen MR) is 86.9 cm³/mol. The first kappa shape index (κ1) is 13.9. The summed E-state index contributed by atoms with van der Waals surface area (Å²) in [4.78, 5) is 9.08. The lowest BCUT2D eigenvalue weighted by molar-refractivity contribution is 0.547. The van der Waals surface area contributed by atoms with E-state index >= 15 is 0 Å². The number of thiazole rings is 2. The van der Waals surface area contributed by atoms with Crippen molar-refractivity contribution in [1.82, 2.24) is 15.3 Å². The fraction of sp³-hybridized carbons (Fsp3) is 0.286. The van der Waals surface area contributed by atoms with Crippen molar-refractivity contribution in [3.05, 3.63) is 44.8 Å². The molecule has 104 valence electrons. The van der Waals surface area contributed by atoms with Gasteiger partial charge in [0.05, 0.1) is 27.5 Å². The van der Waals surface area contributed by atoms with E-state index in [9.17, 15) is 0 Å². The number of fused-ring (bicyclic) bond motifs is 1. The number of hydrogen-bond acceptors (Lipinski definition) is 5. The van der Waals surface area contributed by atoms with Crippen molar-refractivity contribution in [1.29, 1.82) is 0 Å². The summed E-state index contributed by atoms with van der Waals surface area (Å²) in [7, 11) is 0. The molecule has 6 heteroatoms. The van der Waals surface area contributed by atoms with Crippen LogP contribution in [-0.4, -0.2) is 16.5 Å². The fourth-order valence-corrected chi connectivity index (χ4v) is 4.13. The number of likely N-dealkylation sites (N-methyl/N-ethyl adjacent to an activating group) is 1. The second-order valence-electron chi connectivity index (χ2n) is 4.39. The standard InChI is InChI=1S/C14H14ClN3S2/c1-2-16-10(7-13-17-8-12(15)20-13)14-18-9-5-3-4-6-11(9)19-14/h3-6,8,10,16H,2,7H2,1H3. The van der Waals surface area contributed by atoms with Crippen LogP contribution in [0.4, 0.5) is 0 Å². The van der Waals surface area contributed by atoms with E-state index in [2.05, 4.69) is 29.4 Å². The molecule has 0 saturated heterocycles. The summed E-state index contributed by atoms with van der Waals surface area (Å²) in [6.07, 6.45) is 2.54. The lowest BCUT2D eigenvalue weighted by atomic mass is 10.2. The smallest absolute Gasteiger partial charge is 0.113 e. The van der Waals surface area contributed by atoms with Crippen LogP contribution in [0.5, 0.6) is 0 Å².